The van der Waals surface area contributed by atoms with Gasteiger partial charge in [0.2, 0.25) is 6.29 Å². The highest BCUT2D eigenvalue weighted by Gasteiger charge is 2.47. The minimum absolute atomic E-state index is 0.141. The van der Waals surface area contributed by atoms with Crippen molar-refractivity contribution in [3.8, 4) is 22.8 Å². The first-order chi connectivity index (χ1) is 15.5. The molecule has 5 N–H and O–H groups in total. The first-order valence-electron chi connectivity index (χ1n) is 9.78. The number of phenols is 1. The second kappa shape index (κ2) is 9.32. The molecule has 1 aliphatic heterocycles. The van der Waals surface area contributed by atoms with E-state index in [2.05, 4.69) is 15.5 Å². The van der Waals surface area contributed by atoms with Gasteiger partial charge in [0.15, 0.2) is 0 Å². The Balaban J connectivity index is 1.61. The second-order valence-corrected chi connectivity index (χ2v) is 7.23. The monoisotopic (exact) mass is 442 g/mol. The van der Waals surface area contributed by atoms with E-state index in [1.807, 2.05) is 30.3 Å². The Hall–Kier alpha value is -3.51. The first-order valence-corrected chi connectivity index (χ1v) is 9.78. The minimum atomic E-state index is -1.39. The van der Waals surface area contributed by atoms with Crippen LogP contribution in [0.4, 0.5) is 0 Å². The number of phenolic OH excluding ortho intramolecular Hbond substituents is 1. The van der Waals surface area contributed by atoms with E-state index >= 15 is 0 Å². The molecule has 2 heterocycles. The van der Waals surface area contributed by atoms with E-state index in [0.717, 1.165) is 11.8 Å². The lowest BCUT2D eigenvalue weighted by Crippen LogP contribution is -2.57. The zero-order chi connectivity index (χ0) is 22.7. The van der Waals surface area contributed by atoms with Gasteiger partial charge in [-0.15, -0.1) is 5.10 Å². The Morgan fingerprint density at radius 3 is 2.62 bits per heavy atom. The largest absolute Gasteiger partial charge is 0.507 e. The van der Waals surface area contributed by atoms with E-state index in [4.69, 9.17) is 14.7 Å². The third-order valence-electron chi connectivity index (χ3n) is 5.18. The van der Waals surface area contributed by atoms with Gasteiger partial charge in [0.05, 0.1) is 19.0 Å². The van der Waals surface area contributed by atoms with Gasteiger partial charge in [-0.25, -0.2) is 4.68 Å². The summed E-state index contributed by atoms with van der Waals surface area (Å²) in [6, 6.07) is 12.4. The molecular formula is C21H22N4O7. The van der Waals surface area contributed by atoms with Crippen LogP contribution in [0, 0.1) is 0 Å². The predicted molar refractivity (Wildman–Crippen MR) is 110 cm³/mol. The molecule has 11 nitrogen and oxygen atoms in total. The number of benzene rings is 2. The number of nitrogens with zero attached hydrogens (tertiary/aromatic N) is 4. The molecule has 0 saturated carbocycles. The van der Waals surface area contributed by atoms with E-state index in [1.165, 1.54) is 22.9 Å². The van der Waals surface area contributed by atoms with Gasteiger partial charge in [-0.1, -0.05) is 40.7 Å². The molecule has 5 atom stereocenters. The molecule has 1 aromatic heterocycles. The maximum absolute atomic E-state index is 10.9. The van der Waals surface area contributed by atoms with Crippen LogP contribution in [0.1, 0.15) is 11.6 Å². The fourth-order valence-electron chi connectivity index (χ4n) is 3.55. The highest BCUT2D eigenvalue weighted by atomic mass is 16.7. The quantitative estimate of drug-likeness (QED) is 0.208. The fraction of sp³-hybridized carbons (Fsp3) is 0.286. The highest BCUT2D eigenvalue weighted by Crippen LogP contribution is 2.33. The van der Waals surface area contributed by atoms with E-state index in [1.54, 1.807) is 6.20 Å². The summed E-state index contributed by atoms with van der Waals surface area (Å²) in [5.74, 6) is 0.0509. The third kappa shape index (κ3) is 4.27. The van der Waals surface area contributed by atoms with Crippen LogP contribution in [-0.2, 0) is 4.74 Å². The number of aromatic hydroxyl groups is 1. The molecule has 1 fully saturated rings. The molecule has 168 valence electrons. The van der Waals surface area contributed by atoms with Gasteiger partial charge in [-0.05, 0) is 18.2 Å². The maximum Gasteiger partial charge on any atom is 0.228 e. The van der Waals surface area contributed by atoms with Crippen molar-refractivity contribution >= 4 is 6.21 Å². The van der Waals surface area contributed by atoms with E-state index in [-0.39, 0.29) is 17.1 Å². The number of oxime groups is 1. The van der Waals surface area contributed by atoms with Crippen molar-refractivity contribution < 1.29 is 35.1 Å². The molecule has 0 radical (unpaired) electrons. The smallest absolute Gasteiger partial charge is 0.228 e. The standard InChI is InChI=1S/C21H22N4O7/c26-11-17-19(28)18(25-10-15(23-24-25)12-4-2-1-3-5-12)20(29)21(32-17)31-14-6-7-16(27)13(8-14)9-22-30/h1-10,17-21,26-30H,11H2/b22-9+/t17-,18+,19+,20-,21-/m1/s1. The first kappa shape index (κ1) is 21.7. The zero-order valence-corrected chi connectivity index (χ0v) is 16.7. The number of aliphatic hydroxyl groups excluding tert-OH is 3. The summed E-state index contributed by atoms with van der Waals surface area (Å²) in [4.78, 5) is 0. The SMILES string of the molecule is OC[C@H]1O[C@@H](Oc2ccc(O)c(/C=N/O)c2)[C@H](O)[C@@H](n2cc(-c3ccccc3)nn2)[C@H]1O. The Morgan fingerprint density at radius 2 is 1.91 bits per heavy atom. The molecule has 0 spiro atoms. The van der Waals surface area contributed by atoms with Crippen LogP contribution in [-0.4, -0.2) is 78.1 Å². The Bertz CT molecular complexity index is 1080. The van der Waals surface area contributed by atoms with Gasteiger partial charge in [-0.2, -0.15) is 0 Å². The average molecular weight is 442 g/mol. The van der Waals surface area contributed by atoms with Crippen molar-refractivity contribution in [3.05, 3.63) is 60.3 Å². The van der Waals surface area contributed by atoms with Crippen LogP contribution in [0.5, 0.6) is 11.5 Å². The molecule has 0 bridgehead atoms. The number of hydrogen-bond donors (Lipinski definition) is 5. The number of aliphatic hydroxyl groups is 3. The molecule has 1 aliphatic rings. The van der Waals surface area contributed by atoms with Crippen molar-refractivity contribution in [1.29, 1.82) is 0 Å². The van der Waals surface area contributed by atoms with E-state index < -0.39 is 37.3 Å². The number of rotatable bonds is 6. The van der Waals surface area contributed by atoms with Crippen molar-refractivity contribution in [2.24, 2.45) is 5.16 Å². The highest BCUT2D eigenvalue weighted by molar-refractivity contribution is 5.83. The minimum Gasteiger partial charge on any atom is -0.507 e. The summed E-state index contributed by atoms with van der Waals surface area (Å²) in [7, 11) is 0. The molecular weight excluding hydrogens is 420 g/mol. The second-order valence-electron chi connectivity index (χ2n) is 7.23. The predicted octanol–water partition coefficient (Wildman–Crippen LogP) is 0.518. The molecule has 3 aromatic rings. The molecule has 11 heteroatoms. The van der Waals surface area contributed by atoms with E-state index in [9.17, 15) is 20.4 Å². The van der Waals surface area contributed by atoms with Crippen LogP contribution in [0.25, 0.3) is 11.3 Å². The topological polar surface area (TPSA) is 163 Å². The van der Waals surface area contributed by atoms with Crippen LogP contribution >= 0.6 is 0 Å². The van der Waals surface area contributed by atoms with Crippen LogP contribution in [0.2, 0.25) is 0 Å². The van der Waals surface area contributed by atoms with Crippen molar-refractivity contribution in [2.45, 2.75) is 30.6 Å². The Morgan fingerprint density at radius 1 is 1.12 bits per heavy atom. The normalized spacial score (nSPS) is 25.8. The van der Waals surface area contributed by atoms with Gasteiger partial charge in [0.1, 0.15) is 41.5 Å². The molecule has 32 heavy (non-hydrogen) atoms. The summed E-state index contributed by atoms with van der Waals surface area (Å²) >= 11 is 0. The Kier molecular flexibility index (Phi) is 6.32. The molecule has 0 aliphatic carbocycles. The molecule has 2 aromatic carbocycles. The molecule has 4 rings (SSSR count). The van der Waals surface area contributed by atoms with E-state index in [0.29, 0.717) is 5.69 Å². The van der Waals surface area contributed by atoms with Gasteiger partial charge in [-0.3, -0.25) is 0 Å². The van der Waals surface area contributed by atoms with Gasteiger partial charge in [0, 0.05) is 11.1 Å². The summed E-state index contributed by atoms with van der Waals surface area (Å²) in [6.45, 7) is -0.525. The Labute approximate surface area is 182 Å². The lowest BCUT2D eigenvalue weighted by Gasteiger charge is -2.41. The molecule has 0 amide bonds. The zero-order valence-electron chi connectivity index (χ0n) is 16.7. The van der Waals surface area contributed by atoms with Crippen molar-refractivity contribution in [1.82, 2.24) is 15.0 Å². The van der Waals surface area contributed by atoms with Crippen molar-refractivity contribution in [2.75, 3.05) is 6.61 Å². The van der Waals surface area contributed by atoms with Crippen molar-refractivity contribution in [3.63, 3.8) is 0 Å². The number of aromatic nitrogens is 3. The van der Waals surface area contributed by atoms with Gasteiger partial charge < -0.3 is 35.1 Å². The van der Waals surface area contributed by atoms with Crippen LogP contribution in [0.3, 0.4) is 0 Å². The lowest BCUT2D eigenvalue weighted by atomic mass is 9.96. The summed E-state index contributed by atoms with van der Waals surface area (Å²) in [5.41, 5.74) is 1.53. The fourth-order valence-corrected chi connectivity index (χ4v) is 3.55. The average Bonchev–Trinajstić information content (AvgIpc) is 3.28. The van der Waals surface area contributed by atoms with Crippen LogP contribution < -0.4 is 4.74 Å². The summed E-state index contributed by atoms with van der Waals surface area (Å²) in [6.07, 6.45) is -2.43. The van der Waals surface area contributed by atoms with Gasteiger partial charge >= 0.3 is 0 Å². The summed E-state index contributed by atoms with van der Waals surface area (Å²) < 4.78 is 12.6. The molecule has 0 unspecified atom stereocenters. The number of ether oxygens (including phenoxy) is 2. The molecule has 1 saturated heterocycles. The lowest BCUT2D eigenvalue weighted by molar-refractivity contribution is -0.260. The third-order valence-corrected chi connectivity index (χ3v) is 5.18. The number of hydrogen-bond acceptors (Lipinski definition) is 10. The summed E-state index contributed by atoms with van der Waals surface area (Å²) in [5, 5.41) is 60.9. The van der Waals surface area contributed by atoms with Crippen LogP contribution in [0.15, 0.2) is 59.9 Å². The maximum atomic E-state index is 10.9. The van der Waals surface area contributed by atoms with Gasteiger partial charge in [0.25, 0.3) is 0 Å².